The van der Waals surface area contributed by atoms with Gasteiger partial charge in [0.05, 0.1) is 12.6 Å². The minimum Gasteiger partial charge on any atom is -0.444 e. The van der Waals surface area contributed by atoms with Crippen molar-refractivity contribution in [2.24, 2.45) is 0 Å². The standard InChI is InChI=1S/C17H25NO5S/c1-17(2)18(15(13-23-17)10-7-11-24(3,20)21)16(19)22-12-14-8-5-4-6-9-14/h4-6,8-9,15H,7,10-13H2,1-3H3/t15-/m0/s1. The highest BCUT2D eigenvalue weighted by atomic mass is 32.2. The van der Waals surface area contributed by atoms with Crippen LogP contribution in [0.4, 0.5) is 4.79 Å². The molecule has 1 aromatic carbocycles. The molecule has 1 fully saturated rings. The summed E-state index contributed by atoms with van der Waals surface area (Å²) in [6.45, 7) is 4.21. The maximum absolute atomic E-state index is 12.5. The van der Waals surface area contributed by atoms with Crippen molar-refractivity contribution in [1.82, 2.24) is 4.90 Å². The monoisotopic (exact) mass is 355 g/mol. The molecule has 0 N–H and O–H groups in total. The van der Waals surface area contributed by atoms with E-state index < -0.39 is 21.7 Å². The van der Waals surface area contributed by atoms with Crippen molar-refractivity contribution >= 4 is 15.9 Å². The summed E-state index contributed by atoms with van der Waals surface area (Å²) >= 11 is 0. The molecule has 0 saturated carbocycles. The average molecular weight is 355 g/mol. The first-order valence-corrected chi connectivity index (χ1v) is 10.1. The summed E-state index contributed by atoms with van der Waals surface area (Å²) in [5.74, 6) is 0.108. The quantitative estimate of drug-likeness (QED) is 0.784. The maximum Gasteiger partial charge on any atom is 0.412 e. The van der Waals surface area contributed by atoms with Crippen LogP contribution < -0.4 is 0 Å². The molecule has 0 aromatic heterocycles. The topological polar surface area (TPSA) is 72.9 Å². The van der Waals surface area contributed by atoms with E-state index in [1.165, 1.54) is 6.26 Å². The van der Waals surface area contributed by atoms with Gasteiger partial charge in [0.25, 0.3) is 0 Å². The number of carbonyl (C=O) groups is 1. The van der Waals surface area contributed by atoms with E-state index in [2.05, 4.69) is 0 Å². The first kappa shape index (κ1) is 18.7. The summed E-state index contributed by atoms with van der Waals surface area (Å²) in [7, 11) is -3.00. The van der Waals surface area contributed by atoms with Crippen molar-refractivity contribution in [3.8, 4) is 0 Å². The Hall–Kier alpha value is -1.60. The molecule has 1 aliphatic rings. The molecule has 1 aliphatic heterocycles. The van der Waals surface area contributed by atoms with Crippen LogP contribution in [0.25, 0.3) is 0 Å². The van der Waals surface area contributed by atoms with E-state index in [0.29, 0.717) is 19.4 Å². The highest BCUT2D eigenvalue weighted by Crippen LogP contribution is 2.30. The van der Waals surface area contributed by atoms with Crippen LogP contribution in [0.3, 0.4) is 0 Å². The molecule has 134 valence electrons. The molecule has 6 nitrogen and oxygen atoms in total. The van der Waals surface area contributed by atoms with E-state index in [-0.39, 0.29) is 18.4 Å². The fourth-order valence-corrected chi connectivity index (χ4v) is 3.53. The lowest BCUT2D eigenvalue weighted by Crippen LogP contribution is -2.48. The van der Waals surface area contributed by atoms with Crippen molar-refractivity contribution in [2.45, 2.75) is 45.1 Å². The summed E-state index contributed by atoms with van der Waals surface area (Å²) in [5.41, 5.74) is 0.154. The second kappa shape index (κ2) is 7.53. The zero-order valence-corrected chi connectivity index (χ0v) is 15.2. The van der Waals surface area contributed by atoms with E-state index in [0.717, 1.165) is 5.56 Å². The van der Waals surface area contributed by atoms with E-state index >= 15 is 0 Å². The third kappa shape index (κ3) is 5.21. The van der Waals surface area contributed by atoms with Gasteiger partial charge in [-0.2, -0.15) is 0 Å². The molecule has 7 heteroatoms. The van der Waals surface area contributed by atoms with Gasteiger partial charge >= 0.3 is 6.09 Å². The van der Waals surface area contributed by atoms with Crippen LogP contribution in [0, 0.1) is 0 Å². The number of sulfone groups is 1. The Morgan fingerprint density at radius 1 is 1.33 bits per heavy atom. The lowest BCUT2D eigenvalue weighted by Gasteiger charge is -2.32. The lowest BCUT2D eigenvalue weighted by atomic mass is 10.1. The molecule has 0 unspecified atom stereocenters. The maximum atomic E-state index is 12.5. The third-order valence-corrected chi connectivity index (χ3v) is 5.06. The van der Waals surface area contributed by atoms with Crippen LogP contribution in [0.1, 0.15) is 32.3 Å². The minimum atomic E-state index is -3.00. The fourth-order valence-electron chi connectivity index (χ4n) is 2.84. The number of hydrogen-bond donors (Lipinski definition) is 0. The summed E-state index contributed by atoms with van der Waals surface area (Å²) in [5, 5.41) is 0. The highest BCUT2D eigenvalue weighted by Gasteiger charge is 2.44. The third-order valence-electron chi connectivity index (χ3n) is 4.03. The number of nitrogens with zero attached hydrogens (tertiary/aromatic N) is 1. The first-order valence-electron chi connectivity index (χ1n) is 8.01. The van der Waals surface area contributed by atoms with Gasteiger partial charge in [-0.05, 0) is 32.3 Å². The van der Waals surface area contributed by atoms with Crippen molar-refractivity contribution in [1.29, 1.82) is 0 Å². The predicted molar refractivity (Wildman–Crippen MR) is 91.2 cm³/mol. The Morgan fingerprint density at radius 3 is 2.62 bits per heavy atom. The van der Waals surface area contributed by atoms with Crippen LogP contribution in [-0.4, -0.2) is 49.8 Å². The number of ether oxygens (including phenoxy) is 2. The molecular formula is C17H25NO5S. The van der Waals surface area contributed by atoms with Gasteiger partial charge in [0.2, 0.25) is 0 Å². The van der Waals surface area contributed by atoms with Gasteiger partial charge in [-0.25, -0.2) is 13.2 Å². The molecule has 0 radical (unpaired) electrons. The second-order valence-corrected chi connectivity index (χ2v) is 8.85. The Bertz CT molecular complexity index is 657. The zero-order chi connectivity index (χ0) is 17.8. The van der Waals surface area contributed by atoms with Gasteiger partial charge in [0, 0.05) is 12.0 Å². The van der Waals surface area contributed by atoms with Crippen molar-refractivity contribution < 1.29 is 22.7 Å². The van der Waals surface area contributed by atoms with Crippen LogP contribution in [0.2, 0.25) is 0 Å². The van der Waals surface area contributed by atoms with Crippen LogP contribution in [-0.2, 0) is 25.9 Å². The Kier molecular flexibility index (Phi) is 5.87. The number of benzene rings is 1. The number of carbonyl (C=O) groups excluding carboxylic acids is 1. The molecule has 24 heavy (non-hydrogen) atoms. The van der Waals surface area contributed by atoms with Gasteiger partial charge in [-0.1, -0.05) is 30.3 Å². The van der Waals surface area contributed by atoms with Crippen molar-refractivity contribution in [3.63, 3.8) is 0 Å². The van der Waals surface area contributed by atoms with Crippen LogP contribution in [0.15, 0.2) is 30.3 Å². The summed E-state index contributed by atoms with van der Waals surface area (Å²) in [4.78, 5) is 14.1. The van der Waals surface area contributed by atoms with E-state index in [9.17, 15) is 13.2 Å². The van der Waals surface area contributed by atoms with Gasteiger partial charge in [-0.15, -0.1) is 0 Å². The van der Waals surface area contributed by atoms with Crippen LogP contribution >= 0.6 is 0 Å². The molecule has 1 saturated heterocycles. The predicted octanol–water partition coefficient (Wildman–Crippen LogP) is 2.58. The zero-order valence-electron chi connectivity index (χ0n) is 14.4. The lowest BCUT2D eigenvalue weighted by molar-refractivity contribution is -0.0494. The van der Waals surface area contributed by atoms with Gasteiger partial charge in [-0.3, -0.25) is 4.90 Å². The summed E-state index contributed by atoms with van der Waals surface area (Å²) in [6, 6.07) is 9.29. The number of hydrogen-bond acceptors (Lipinski definition) is 5. The molecular weight excluding hydrogens is 330 g/mol. The van der Waals surface area contributed by atoms with E-state index in [1.807, 2.05) is 44.2 Å². The number of rotatable bonds is 6. The molecule has 1 heterocycles. The second-order valence-electron chi connectivity index (χ2n) is 6.59. The fraction of sp³-hybridized carbons (Fsp3) is 0.588. The van der Waals surface area contributed by atoms with Gasteiger partial charge in [0.15, 0.2) is 0 Å². The summed E-state index contributed by atoms with van der Waals surface area (Å²) in [6.07, 6.45) is 1.83. The van der Waals surface area contributed by atoms with E-state index in [1.54, 1.807) is 4.90 Å². The Morgan fingerprint density at radius 2 is 2.00 bits per heavy atom. The van der Waals surface area contributed by atoms with Gasteiger partial charge < -0.3 is 9.47 Å². The SMILES string of the molecule is CC1(C)OC[C@H](CCCS(C)(=O)=O)N1C(=O)OCc1ccccc1. The molecule has 0 bridgehead atoms. The normalized spacial score (nSPS) is 20.1. The molecule has 2 rings (SSSR count). The Balaban J connectivity index is 1.96. The molecule has 1 amide bonds. The molecule has 1 atom stereocenters. The smallest absolute Gasteiger partial charge is 0.412 e. The number of amides is 1. The van der Waals surface area contributed by atoms with E-state index in [4.69, 9.17) is 9.47 Å². The van der Waals surface area contributed by atoms with Gasteiger partial charge in [0.1, 0.15) is 22.2 Å². The average Bonchev–Trinajstić information content (AvgIpc) is 2.79. The van der Waals surface area contributed by atoms with Crippen LogP contribution in [0.5, 0.6) is 0 Å². The Labute approximate surface area is 143 Å². The largest absolute Gasteiger partial charge is 0.444 e. The summed E-state index contributed by atoms with van der Waals surface area (Å²) < 4.78 is 33.7. The molecule has 1 aromatic rings. The van der Waals surface area contributed by atoms with Crippen molar-refractivity contribution in [2.75, 3.05) is 18.6 Å². The molecule has 0 spiro atoms. The van der Waals surface area contributed by atoms with Crippen molar-refractivity contribution in [3.05, 3.63) is 35.9 Å². The highest BCUT2D eigenvalue weighted by molar-refractivity contribution is 7.90. The first-order chi connectivity index (χ1) is 11.2. The minimum absolute atomic E-state index is 0.108. The molecule has 0 aliphatic carbocycles.